The van der Waals surface area contributed by atoms with Crippen LogP contribution in [0.4, 0.5) is 17.6 Å². The number of thiophene rings is 2. The van der Waals surface area contributed by atoms with E-state index in [1.165, 1.54) is 65.1 Å². The van der Waals surface area contributed by atoms with Crippen LogP contribution in [0.5, 0.6) is 0 Å². The van der Waals surface area contributed by atoms with Crippen LogP contribution in [-0.4, -0.2) is 17.0 Å². The minimum Gasteiger partial charge on any atom is -0.478 e. The van der Waals surface area contributed by atoms with Gasteiger partial charge in [0.2, 0.25) is 5.91 Å². The summed E-state index contributed by atoms with van der Waals surface area (Å²) in [5.74, 6) is -3.04. The molecular formula is C44H27Cl2F4NO3S2. The first-order valence-electron chi connectivity index (χ1n) is 16.9. The van der Waals surface area contributed by atoms with Crippen LogP contribution in [0.1, 0.15) is 41.6 Å². The van der Waals surface area contributed by atoms with E-state index in [4.69, 9.17) is 28.9 Å². The highest BCUT2D eigenvalue weighted by molar-refractivity contribution is 7.20. The van der Waals surface area contributed by atoms with Gasteiger partial charge >= 0.3 is 5.97 Å². The summed E-state index contributed by atoms with van der Waals surface area (Å²) in [6, 6.07) is 31.8. The van der Waals surface area contributed by atoms with E-state index in [0.29, 0.717) is 55.9 Å². The number of hydrogen-bond donors (Lipinski definition) is 2. The standard InChI is InChI=1S/C22H14ClF2NOS.C22H13ClF2O2S/c2*23-15-6-12(7-16(24)10-15)8-17-11-19-20(25)5-4-18(21(19)28-17)13-2-1-3-14(9-13)22(26)27/h1-7,9-11H,8H2,(H2,26,27);1-7,9-11H,8H2,(H,26,27). The predicted molar refractivity (Wildman–Crippen MR) is 218 cm³/mol. The zero-order valence-corrected chi connectivity index (χ0v) is 32.0. The summed E-state index contributed by atoms with van der Waals surface area (Å²) in [6.45, 7) is 0. The van der Waals surface area contributed by atoms with Gasteiger partial charge < -0.3 is 10.8 Å². The van der Waals surface area contributed by atoms with Crippen molar-refractivity contribution in [1.29, 1.82) is 0 Å². The van der Waals surface area contributed by atoms with Crippen molar-refractivity contribution in [1.82, 2.24) is 0 Å². The van der Waals surface area contributed by atoms with E-state index < -0.39 is 23.5 Å². The van der Waals surface area contributed by atoms with Gasteiger partial charge in [0.1, 0.15) is 23.3 Å². The van der Waals surface area contributed by atoms with Gasteiger partial charge in [0.15, 0.2) is 0 Å². The monoisotopic (exact) mass is 827 g/mol. The first kappa shape index (κ1) is 38.7. The number of hydrogen-bond acceptors (Lipinski definition) is 4. The molecule has 3 N–H and O–H groups in total. The van der Waals surface area contributed by atoms with E-state index in [9.17, 15) is 32.3 Å². The molecule has 0 spiro atoms. The minimum absolute atomic E-state index is 0.168. The van der Waals surface area contributed by atoms with Crippen molar-refractivity contribution in [3.8, 4) is 22.3 Å². The molecule has 0 radical (unpaired) electrons. The van der Waals surface area contributed by atoms with E-state index >= 15 is 0 Å². The average molecular weight is 829 g/mol. The summed E-state index contributed by atoms with van der Waals surface area (Å²) in [5, 5.41) is 10.8. The molecule has 0 aliphatic heterocycles. The van der Waals surface area contributed by atoms with E-state index in [-0.39, 0.29) is 17.2 Å². The normalized spacial score (nSPS) is 11.1. The molecule has 12 heteroatoms. The van der Waals surface area contributed by atoms with Gasteiger partial charge in [-0.15, -0.1) is 22.7 Å². The maximum Gasteiger partial charge on any atom is 0.335 e. The number of amides is 1. The molecule has 2 aromatic heterocycles. The molecule has 1 amide bonds. The van der Waals surface area contributed by atoms with E-state index in [2.05, 4.69) is 0 Å². The number of carbonyl (C=O) groups excluding carboxylic acids is 1. The van der Waals surface area contributed by atoms with Gasteiger partial charge in [-0.25, -0.2) is 22.4 Å². The molecular weight excluding hydrogens is 802 g/mol. The molecule has 0 saturated heterocycles. The highest BCUT2D eigenvalue weighted by Gasteiger charge is 2.16. The Kier molecular flexibility index (Phi) is 11.3. The molecule has 0 fully saturated rings. The van der Waals surface area contributed by atoms with Crippen LogP contribution < -0.4 is 5.73 Å². The highest BCUT2D eigenvalue weighted by Crippen LogP contribution is 2.39. The number of aromatic carboxylic acids is 1. The fourth-order valence-corrected chi connectivity index (χ4v) is 9.37. The third-order valence-electron chi connectivity index (χ3n) is 8.84. The number of fused-ring (bicyclic) bond motifs is 2. The molecule has 4 nitrogen and oxygen atoms in total. The Hall–Kier alpha value is -5.52. The van der Waals surface area contributed by atoms with Gasteiger partial charge in [-0.05, 0) is 118 Å². The number of halogens is 6. The van der Waals surface area contributed by atoms with Crippen molar-refractivity contribution in [3.05, 3.63) is 187 Å². The maximum absolute atomic E-state index is 14.4. The number of carboxylic acid groups (broad SMARTS) is 1. The van der Waals surface area contributed by atoms with Gasteiger partial charge in [0.25, 0.3) is 0 Å². The Labute approximate surface area is 336 Å². The summed E-state index contributed by atoms with van der Waals surface area (Å²) < 4.78 is 57.5. The summed E-state index contributed by atoms with van der Waals surface area (Å²) in [6.07, 6.45) is 0.863. The Morgan fingerprint density at radius 1 is 0.571 bits per heavy atom. The molecule has 0 atom stereocenters. The summed E-state index contributed by atoms with van der Waals surface area (Å²) in [7, 11) is 0. The van der Waals surface area contributed by atoms with Gasteiger partial charge in [-0.3, -0.25) is 4.79 Å². The zero-order valence-electron chi connectivity index (χ0n) is 28.9. The molecule has 8 rings (SSSR count). The van der Waals surface area contributed by atoms with Crippen LogP contribution >= 0.6 is 45.9 Å². The predicted octanol–water partition coefficient (Wildman–Crippen LogP) is 13.0. The number of benzene rings is 6. The molecule has 0 aliphatic rings. The van der Waals surface area contributed by atoms with Gasteiger partial charge in [0, 0.05) is 58.4 Å². The lowest BCUT2D eigenvalue weighted by molar-refractivity contribution is 0.0696. The van der Waals surface area contributed by atoms with Gasteiger partial charge in [-0.2, -0.15) is 0 Å². The summed E-state index contributed by atoms with van der Waals surface area (Å²) >= 11 is 14.7. The smallest absolute Gasteiger partial charge is 0.335 e. The van der Waals surface area contributed by atoms with Crippen LogP contribution in [0.3, 0.4) is 0 Å². The molecule has 280 valence electrons. The second-order valence-electron chi connectivity index (χ2n) is 12.8. The molecule has 0 aliphatic carbocycles. The van der Waals surface area contributed by atoms with Crippen molar-refractivity contribution in [2.45, 2.75) is 12.8 Å². The maximum atomic E-state index is 14.4. The summed E-state index contributed by atoms with van der Waals surface area (Å²) in [5.41, 5.74) is 10.4. The van der Waals surface area contributed by atoms with Crippen molar-refractivity contribution >= 4 is 77.9 Å². The Bertz CT molecular complexity index is 2590. The molecule has 56 heavy (non-hydrogen) atoms. The van der Waals surface area contributed by atoms with Crippen LogP contribution in [0.15, 0.2) is 121 Å². The van der Waals surface area contributed by atoms with Crippen LogP contribution in [0, 0.1) is 23.3 Å². The zero-order chi connectivity index (χ0) is 39.7. The SMILES string of the molecule is NC(=O)c1cccc(-c2ccc(F)c3cc(Cc4cc(F)cc(Cl)c4)sc23)c1.O=C(O)c1cccc(-c2ccc(F)c3cc(Cc4cc(F)cc(Cl)c4)sc23)c1. The highest BCUT2D eigenvalue weighted by atomic mass is 35.5. The number of nitrogens with two attached hydrogens (primary N) is 1. The molecule has 0 unspecified atom stereocenters. The first-order chi connectivity index (χ1) is 26.8. The topological polar surface area (TPSA) is 80.4 Å². The Balaban J connectivity index is 0.000000172. The molecule has 8 aromatic rings. The van der Waals surface area contributed by atoms with Gasteiger partial charge in [0.05, 0.1) is 5.56 Å². The fraction of sp³-hybridized carbons (Fsp3) is 0.0455. The second kappa shape index (κ2) is 16.3. The third kappa shape index (κ3) is 8.64. The van der Waals surface area contributed by atoms with Crippen molar-refractivity contribution < 1.29 is 32.3 Å². The number of primary amides is 1. The first-order valence-corrected chi connectivity index (χ1v) is 19.3. The van der Waals surface area contributed by atoms with Crippen LogP contribution in [0.25, 0.3) is 42.4 Å². The lowest BCUT2D eigenvalue weighted by atomic mass is 10.0. The van der Waals surface area contributed by atoms with E-state index in [1.54, 1.807) is 72.8 Å². The van der Waals surface area contributed by atoms with E-state index in [1.807, 2.05) is 6.07 Å². The third-order valence-corrected chi connectivity index (χ3v) is 11.6. The molecule has 0 saturated carbocycles. The molecule has 0 bridgehead atoms. The second-order valence-corrected chi connectivity index (χ2v) is 16.0. The summed E-state index contributed by atoms with van der Waals surface area (Å²) in [4.78, 5) is 24.5. The van der Waals surface area contributed by atoms with Crippen molar-refractivity contribution in [3.63, 3.8) is 0 Å². The number of rotatable bonds is 8. The van der Waals surface area contributed by atoms with Crippen LogP contribution in [0.2, 0.25) is 10.0 Å². The van der Waals surface area contributed by atoms with Crippen molar-refractivity contribution in [2.75, 3.05) is 0 Å². The van der Waals surface area contributed by atoms with E-state index in [0.717, 1.165) is 35.8 Å². The quantitative estimate of drug-likeness (QED) is 0.150. The lowest BCUT2D eigenvalue weighted by Gasteiger charge is -2.06. The molecule has 2 heterocycles. The Morgan fingerprint density at radius 3 is 1.45 bits per heavy atom. The molecule has 6 aromatic carbocycles. The number of carboxylic acids is 1. The number of carbonyl (C=O) groups is 2. The van der Waals surface area contributed by atoms with Crippen LogP contribution in [-0.2, 0) is 12.8 Å². The Morgan fingerprint density at radius 2 is 1.02 bits per heavy atom. The lowest BCUT2D eigenvalue weighted by Crippen LogP contribution is -2.10. The van der Waals surface area contributed by atoms with Gasteiger partial charge in [-0.1, -0.05) is 59.6 Å². The minimum atomic E-state index is -1.02. The largest absolute Gasteiger partial charge is 0.478 e. The van der Waals surface area contributed by atoms with Crippen molar-refractivity contribution in [2.24, 2.45) is 5.73 Å². The fourth-order valence-electron chi connectivity index (χ4n) is 6.40. The average Bonchev–Trinajstić information content (AvgIpc) is 3.77.